The van der Waals surface area contributed by atoms with Crippen molar-refractivity contribution in [3.63, 3.8) is 0 Å². The molecule has 2 N–H and O–H groups in total. The van der Waals surface area contributed by atoms with Crippen LogP contribution in [0.25, 0.3) is 0 Å². The van der Waals surface area contributed by atoms with E-state index in [1.54, 1.807) is 25.9 Å². The van der Waals surface area contributed by atoms with Gasteiger partial charge in [-0.3, -0.25) is 4.99 Å². The van der Waals surface area contributed by atoms with E-state index in [2.05, 4.69) is 21.9 Å². The fraction of sp³-hybridized carbons (Fsp3) is 0.316. The Morgan fingerprint density at radius 2 is 1.76 bits per heavy atom. The molecule has 0 fully saturated rings. The Kier molecular flexibility index (Phi) is 7.98. The minimum absolute atomic E-state index is 0.702. The number of thioether (sulfide) groups is 1. The maximum atomic E-state index is 5.88. The van der Waals surface area contributed by atoms with Crippen molar-refractivity contribution in [1.29, 1.82) is 0 Å². The van der Waals surface area contributed by atoms with Gasteiger partial charge in [-0.15, -0.1) is 0 Å². The lowest BCUT2D eigenvalue weighted by Gasteiger charge is -2.12. The van der Waals surface area contributed by atoms with E-state index in [0.717, 1.165) is 29.6 Å². The van der Waals surface area contributed by atoms with E-state index in [0.29, 0.717) is 18.0 Å². The number of rotatable bonds is 8. The van der Waals surface area contributed by atoms with E-state index in [-0.39, 0.29) is 0 Å². The van der Waals surface area contributed by atoms with Gasteiger partial charge in [-0.1, -0.05) is 24.3 Å². The highest BCUT2D eigenvalue weighted by Crippen LogP contribution is 2.30. The van der Waals surface area contributed by atoms with Crippen LogP contribution in [0.15, 0.2) is 53.5 Å². The van der Waals surface area contributed by atoms with E-state index in [4.69, 9.17) is 9.47 Å². The molecule has 134 valence electrons. The van der Waals surface area contributed by atoms with Crippen molar-refractivity contribution in [3.05, 3.63) is 54.1 Å². The maximum absolute atomic E-state index is 5.88. The van der Waals surface area contributed by atoms with Crippen LogP contribution in [-0.2, 0) is 6.54 Å². The van der Waals surface area contributed by atoms with Gasteiger partial charge in [0.1, 0.15) is 5.75 Å². The largest absolute Gasteiger partial charge is 0.493 e. The van der Waals surface area contributed by atoms with Gasteiger partial charge in [-0.05, 0) is 36.1 Å². The SMILES string of the molecule is CN=C(NCCSC)NCc1ccc(Oc2ccccc2OC)cc1. The van der Waals surface area contributed by atoms with Crippen LogP contribution in [0.3, 0.4) is 0 Å². The molecule has 0 aliphatic heterocycles. The molecule has 2 aromatic rings. The Bertz CT molecular complexity index is 675. The Labute approximate surface area is 153 Å². The molecule has 0 amide bonds. The molecular formula is C19H25N3O2S. The average molecular weight is 359 g/mol. The molecule has 0 unspecified atom stereocenters. The van der Waals surface area contributed by atoms with Gasteiger partial charge in [0.25, 0.3) is 0 Å². The minimum Gasteiger partial charge on any atom is -0.493 e. The molecule has 0 saturated carbocycles. The maximum Gasteiger partial charge on any atom is 0.191 e. The van der Waals surface area contributed by atoms with Crippen LogP contribution in [0.2, 0.25) is 0 Å². The molecule has 0 bridgehead atoms. The first kappa shape index (κ1) is 19.0. The zero-order valence-electron chi connectivity index (χ0n) is 14.9. The fourth-order valence-corrected chi connectivity index (χ4v) is 2.49. The number of nitrogens with one attached hydrogen (secondary N) is 2. The number of para-hydroxylation sites is 2. The first-order chi connectivity index (χ1) is 12.3. The van der Waals surface area contributed by atoms with Crippen LogP contribution < -0.4 is 20.1 Å². The normalized spacial score (nSPS) is 11.1. The fourth-order valence-electron chi connectivity index (χ4n) is 2.18. The third-order valence-electron chi connectivity index (χ3n) is 3.50. The third kappa shape index (κ3) is 6.23. The summed E-state index contributed by atoms with van der Waals surface area (Å²) in [5.41, 5.74) is 1.15. The molecule has 0 aliphatic carbocycles. The lowest BCUT2D eigenvalue weighted by Crippen LogP contribution is -2.37. The van der Waals surface area contributed by atoms with Gasteiger partial charge in [-0.25, -0.2) is 0 Å². The predicted octanol–water partition coefficient (Wildman–Crippen LogP) is 3.52. The molecule has 2 rings (SSSR count). The molecule has 5 nitrogen and oxygen atoms in total. The summed E-state index contributed by atoms with van der Waals surface area (Å²) in [5, 5.41) is 6.58. The zero-order chi connectivity index (χ0) is 17.9. The number of ether oxygens (including phenoxy) is 2. The van der Waals surface area contributed by atoms with Crippen LogP contribution in [-0.4, -0.2) is 38.7 Å². The Balaban J connectivity index is 1.89. The average Bonchev–Trinajstić information content (AvgIpc) is 2.66. The first-order valence-electron chi connectivity index (χ1n) is 8.10. The summed E-state index contributed by atoms with van der Waals surface area (Å²) in [6.45, 7) is 1.60. The Morgan fingerprint density at radius 3 is 2.40 bits per heavy atom. The summed E-state index contributed by atoms with van der Waals surface area (Å²) in [6, 6.07) is 15.6. The van der Waals surface area contributed by atoms with Gasteiger partial charge in [0.05, 0.1) is 7.11 Å². The lowest BCUT2D eigenvalue weighted by molar-refractivity contribution is 0.379. The second-order valence-corrected chi connectivity index (χ2v) is 6.23. The molecule has 0 atom stereocenters. The topological polar surface area (TPSA) is 54.9 Å². The van der Waals surface area contributed by atoms with Crippen molar-refractivity contribution < 1.29 is 9.47 Å². The molecule has 0 heterocycles. The molecule has 0 saturated heterocycles. The first-order valence-corrected chi connectivity index (χ1v) is 9.49. The second kappa shape index (κ2) is 10.5. The van der Waals surface area contributed by atoms with E-state index < -0.39 is 0 Å². The number of guanidine groups is 1. The van der Waals surface area contributed by atoms with Crippen molar-refractivity contribution in [2.45, 2.75) is 6.54 Å². The van der Waals surface area contributed by atoms with Crippen LogP contribution in [0.4, 0.5) is 0 Å². The molecule has 2 aromatic carbocycles. The van der Waals surface area contributed by atoms with E-state index in [9.17, 15) is 0 Å². The lowest BCUT2D eigenvalue weighted by atomic mass is 10.2. The summed E-state index contributed by atoms with van der Waals surface area (Å²) >= 11 is 1.81. The number of aliphatic imine (C=N–C) groups is 1. The van der Waals surface area contributed by atoms with E-state index >= 15 is 0 Å². The Hall–Kier alpha value is -2.34. The molecule has 25 heavy (non-hydrogen) atoms. The van der Waals surface area contributed by atoms with Crippen LogP contribution in [0.5, 0.6) is 17.2 Å². The summed E-state index contributed by atoms with van der Waals surface area (Å²) in [5.74, 6) is 4.05. The van der Waals surface area contributed by atoms with Gasteiger partial charge in [-0.2, -0.15) is 11.8 Å². The van der Waals surface area contributed by atoms with Crippen molar-refractivity contribution in [3.8, 4) is 17.2 Å². The number of hydrogen-bond donors (Lipinski definition) is 2. The van der Waals surface area contributed by atoms with Gasteiger partial charge >= 0.3 is 0 Å². The molecule has 0 radical (unpaired) electrons. The van der Waals surface area contributed by atoms with Crippen molar-refractivity contribution in [1.82, 2.24) is 10.6 Å². The molecule has 0 aromatic heterocycles. The third-order valence-corrected chi connectivity index (χ3v) is 4.11. The molecule has 0 aliphatic rings. The zero-order valence-corrected chi connectivity index (χ0v) is 15.7. The molecule has 0 spiro atoms. The molecular weight excluding hydrogens is 334 g/mol. The van der Waals surface area contributed by atoms with Gasteiger partial charge < -0.3 is 20.1 Å². The highest BCUT2D eigenvalue weighted by molar-refractivity contribution is 7.98. The number of benzene rings is 2. The number of methoxy groups -OCH3 is 1. The summed E-state index contributed by atoms with van der Waals surface area (Å²) in [4.78, 5) is 4.21. The standard InChI is InChI=1S/C19H25N3O2S/c1-20-19(21-12-13-25-3)22-14-15-8-10-16(11-9-15)24-18-7-5-4-6-17(18)23-2/h4-11H,12-14H2,1-3H3,(H2,20,21,22). The summed E-state index contributed by atoms with van der Waals surface area (Å²) in [6.07, 6.45) is 2.09. The van der Waals surface area contributed by atoms with Crippen LogP contribution in [0, 0.1) is 0 Å². The summed E-state index contributed by atoms with van der Waals surface area (Å²) in [7, 11) is 3.41. The highest BCUT2D eigenvalue weighted by atomic mass is 32.2. The van der Waals surface area contributed by atoms with E-state index in [1.165, 1.54) is 0 Å². The smallest absolute Gasteiger partial charge is 0.191 e. The Morgan fingerprint density at radius 1 is 1.04 bits per heavy atom. The quantitative estimate of drug-likeness (QED) is 0.429. The van der Waals surface area contributed by atoms with Crippen molar-refractivity contribution in [2.75, 3.05) is 32.7 Å². The van der Waals surface area contributed by atoms with Crippen LogP contribution in [0.1, 0.15) is 5.56 Å². The van der Waals surface area contributed by atoms with Crippen molar-refractivity contribution in [2.24, 2.45) is 4.99 Å². The summed E-state index contributed by atoms with van der Waals surface area (Å²) < 4.78 is 11.2. The van der Waals surface area contributed by atoms with E-state index in [1.807, 2.05) is 48.5 Å². The van der Waals surface area contributed by atoms with Crippen molar-refractivity contribution >= 4 is 17.7 Å². The highest BCUT2D eigenvalue weighted by Gasteiger charge is 2.04. The minimum atomic E-state index is 0.702. The van der Waals surface area contributed by atoms with Gasteiger partial charge in [0.15, 0.2) is 17.5 Å². The van der Waals surface area contributed by atoms with Gasteiger partial charge in [0, 0.05) is 25.9 Å². The van der Waals surface area contributed by atoms with Gasteiger partial charge in [0.2, 0.25) is 0 Å². The monoisotopic (exact) mass is 359 g/mol. The van der Waals surface area contributed by atoms with Crippen LogP contribution >= 0.6 is 11.8 Å². The number of hydrogen-bond acceptors (Lipinski definition) is 4. The predicted molar refractivity (Wildman–Crippen MR) is 106 cm³/mol. The molecule has 6 heteroatoms. The number of nitrogens with zero attached hydrogens (tertiary/aromatic N) is 1. The second-order valence-electron chi connectivity index (χ2n) is 5.24.